The van der Waals surface area contributed by atoms with Gasteiger partial charge in [-0.25, -0.2) is 15.0 Å². The first-order chi connectivity index (χ1) is 11.1. The molecule has 2 aromatic rings. The van der Waals surface area contributed by atoms with Gasteiger partial charge in [-0.2, -0.15) is 0 Å². The normalized spacial score (nSPS) is 15.9. The maximum atomic E-state index is 11.6. The van der Waals surface area contributed by atoms with E-state index in [0.717, 1.165) is 26.2 Å². The van der Waals surface area contributed by atoms with Crippen molar-refractivity contribution >= 4 is 40.2 Å². The van der Waals surface area contributed by atoms with Crippen molar-refractivity contribution in [1.29, 1.82) is 0 Å². The Labute approximate surface area is 138 Å². The molecule has 1 aliphatic heterocycles. The number of rotatable bonds is 3. The molecule has 2 aromatic heterocycles. The van der Waals surface area contributed by atoms with Gasteiger partial charge in [0, 0.05) is 32.2 Å². The van der Waals surface area contributed by atoms with Gasteiger partial charge in [0.15, 0.2) is 11.6 Å². The Kier molecular flexibility index (Phi) is 4.56. The number of aliphatic hydroxyl groups is 1. The highest BCUT2D eigenvalue weighted by atomic mass is 35.5. The molecule has 2 N–H and O–H groups in total. The van der Waals surface area contributed by atoms with Crippen LogP contribution in [-0.2, 0) is 4.79 Å². The monoisotopic (exact) mass is 336 g/mol. The van der Waals surface area contributed by atoms with E-state index in [1.807, 2.05) is 0 Å². The number of nitrogens with zero attached hydrogens (tertiary/aromatic N) is 5. The Morgan fingerprint density at radius 2 is 2.04 bits per heavy atom. The number of aliphatic hydroxyl groups excluding tert-OH is 1. The third-order valence-corrected chi connectivity index (χ3v) is 3.91. The number of halogens is 1. The maximum Gasteiger partial charge on any atom is 0.251 e. The molecule has 3 heterocycles. The van der Waals surface area contributed by atoms with Gasteiger partial charge in [0.25, 0.3) is 5.91 Å². The van der Waals surface area contributed by atoms with E-state index in [-0.39, 0.29) is 0 Å². The summed E-state index contributed by atoms with van der Waals surface area (Å²) in [6.07, 6.45) is 1.56. The molecule has 0 radical (unpaired) electrons. The average molecular weight is 337 g/mol. The van der Waals surface area contributed by atoms with Crippen LogP contribution >= 0.6 is 11.6 Å². The van der Waals surface area contributed by atoms with Crippen molar-refractivity contribution < 1.29 is 9.90 Å². The van der Waals surface area contributed by atoms with E-state index in [0.29, 0.717) is 27.8 Å². The Balaban J connectivity index is 2.03. The number of pyridine rings is 1. The predicted octanol–water partition coefficient (Wildman–Crippen LogP) is 0.361. The molecule has 8 nitrogen and oxygen atoms in total. The molecule has 1 amide bonds. The summed E-state index contributed by atoms with van der Waals surface area (Å²) in [4.78, 5) is 28.9. The topological polar surface area (TPSA) is 94.5 Å². The molecule has 0 spiro atoms. The summed E-state index contributed by atoms with van der Waals surface area (Å²) in [5.41, 5.74) is 1.14. The molecule has 122 valence electrons. The lowest BCUT2D eigenvalue weighted by molar-refractivity contribution is -0.118. The highest BCUT2D eigenvalue weighted by Crippen LogP contribution is 2.26. The quantitative estimate of drug-likeness (QED) is 0.781. The molecule has 0 bridgehead atoms. The summed E-state index contributed by atoms with van der Waals surface area (Å²) in [6.45, 7) is 2.73. The van der Waals surface area contributed by atoms with E-state index >= 15 is 0 Å². The van der Waals surface area contributed by atoms with Gasteiger partial charge in [0.05, 0.1) is 11.7 Å². The standard InChI is InChI=1S/C14H17ClN6O2/c1-20-2-4-21(5-3-20)14-13(19-12(23)8-22)17-9-6-11(15)16-7-10(9)18-14/h6-7,22H,2-5,8H2,1H3,(H,17,19,23). The number of fused-ring (bicyclic) bond motifs is 1. The van der Waals surface area contributed by atoms with Crippen LogP contribution in [0.15, 0.2) is 12.3 Å². The molecule has 0 saturated carbocycles. The summed E-state index contributed by atoms with van der Waals surface area (Å²) in [5.74, 6) is 0.370. The molecule has 9 heteroatoms. The molecule has 1 fully saturated rings. The summed E-state index contributed by atoms with van der Waals surface area (Å²) in [5, 5.41) is 11.9. The van der Waals surface area contributed by atoms with E-state index < -0.39 is 12.5 Å². The van der Waals surface area contributed by atoms with Crippen molar-refractivity contribution in [3.63, 3.8) is 0 Å². The fourth-order valence-electron chi connectivity index (χ4n) is 2.42. The molecule has 0 atom stereocenters. The molecule has 1 aliphatic rings. The minimum atomic E-state index is -0.612. The highest BCUT2D eigenvalue weighted by Gasteiger charge is 2.21. The highest BCUT2D eigenvalue weighted by molar-refractivity contribution is 6.29. The number of aromatic nitrogens is 3. The van der Waals surface area contributed by atoms with Gasteiger partial charge in [0.2, 0.25) is 0 Å². The fraction of sp³-hybridized carbons (Fsp3) is 0.429. The van der Waals surface area contributed by atoms with Gasteiger partial charge in [-0.05, 0) is 7.05 Å². The number of carbonyl (C=O) groups excluding carboxylic acids is 1. The van der Waals surface area contributed by atoms with Crippen LogP contribution in [0.25, 0.3) is 11.0 Å². The van der Waals surface area contributed by atoms with Crippen molar-refractivity contribution in [3.05, 3.63) is 17.4 Å². The number of hydrogen-bond acceptors (Lipinski definition) is 7. The van der Waals surface area contributed by atoms with Gasteiger partial charge < -0.3 is 20.2 Å². The lowest BCUT2D eigenvalue weighted by atomic mass is 10.3. The number of amides is 1. The number of nitrogens with one attached hydrogen (secondary N) is 1. The summed E-state index contributed by atoms with van der Waals surface area (Å²) in [6, 6.07) is 1.59. The van der Waals surface area contributed by atoms with E-state index in [1.165, 1.54) is 0 Å². The smallest absolute Gasteiger partial charge is 0.251 e. The van der Waals surface area contributed by atoms with Crippen molar-refractivity contribution in [2.75, 3.05) is 50.1 Å². The third-order valence-electron chi connectivity index (χ3n) is 3.70. The van der Waals surface area contributed by atoms with Crippen LogP contribution < -0.4 is 10.2 Å². The Morgan fingerprint density at radius 3 is 2.74 bits per heavy atom. The molecular weight excluding hydrogens is 320 g/mol. The minimum Gasteiger partial charge on any atom is -0.387 e. The summed E-state index contributed by atoms with van der Waals surface area (Å²) < 4.78 is 0. The minimum absolute atomic E-state index is 0.304. The van der Waals surface area contributed by atoms with Crippen LogP contribution in [0.5, 0.6) is 0 Å². The van der Waals surface area contributed by atoms with Crippen LogP contribution in [-0.4, -0.2) is 70.7 Å². The van der Waals surface area contributed by atoms with Crippen LogP contribution in [0.4, 0.5) is 11.6 Å². The molecule has 3 rings (SSSR count). The number of hydrogen-bond donors (Lipinski definition) is 2. The van der Waals surface area contributed by atoms with Gasteiger partial charge in [-0.1, -0.05) is 11.6 Å². The second-order valence-corrected chi connectivity index (χ2v) is 5.78. The maximum absolute atomic E-state index is 11.6. The van der Waals surface area contributed by atoms with Crippen LogP contribution in [0.3, 0.4) is 0 Å². The van der Waals surface area contributed by atoms with Crippen molar-refractivity contribution in [1.82, 2.24) is 19.9 Å². The van der Waals surface area contributed by atoms with E-state index in [2.05, 4.69) is 37.1 Å². The number of anilines is 2. The second-order valence-electron chi connectivity index (χ2n) is 5.39. The summed E-state index contributed by atoms with van der Waals surface area (Å²) >= 11 is 5.89. The zero-order chi connectivity index (χ0) is 16.4. The first kappa shape index (κ1) is 15.9. The van der Waals surface area contributed by atoms with Crippen molar-refractivity contribution in [3.8, 4) is 0 Å². The van der Waals surface area contributed by atoms with E-state index in [9.17, 15) is 4.79 Å². The molecule has 1 saturated heterocycles. The molecule has 0 aliphatic carbocycles. The molecule has 0 unspecified atom stereocenters. The van der Waals surface area contributed by atoms with Gasteiger partial charge in [0.1, 0.15) is 17.3 Å². The Morgan fingerprint density at radius 1 is 1.30 bits per heavy atom. The zero-order valence-electron chi connectivity index (χ0n) is 12.7. The molecule has 0 aromatic carbocycles. The van der Waals surface area contributed by atoms with Crippen LogP contribution in [0, 0.1) is 0 Å². The van der Waals surface area contributed by atoms with Gasteiger partial charge in [-0.15, -0.1) is 0 Å². The van der Waals surface area contributed by atoms with Crippen molar-refractivity contribution in [2.24, 2.45) is 0 Å². The first-order valence-corrected chi connectivity index (χ1v) is 7.62. The SMILES string of the molecule is CN1CCN(c2nc3cnc(Cl)cc3nc2NC(=O)CO)CC1. The van der Waals surface area contributed by atoms with Crippen LogP contribution in [0.2, 0.25) is 5.15 Å². The summed E-state index contributed by atoms with van der Waals surface area (Å²) in [7, 11) is 2.06. The predicted molar refractivity (Wildman–Crippen MR) is 87.8 cm³/mol. The first-order valence-electron chi connectivity index (χ1n) is 7.24. The fourth-order valence-corrected chi connectivity index (χ4v) is 2.57. The second kappa shape index (κ2) is 6.61. The molecule has 23 heavy (non-hydrogen) atoms. The number of likely N-dealkylation sites (N-methyl/N-ethyl adjacent to an activating group) is 1. The van der Waals surface area contributed by atoms with Gasteiger partial charge in [-0.3, -0.25) is 4.79 Å². The third kappa shape index (κ3) is 3.49. The Hall–Kier alpha value is -2.03. The Bertz CT molecular complexity index is 733. The molecular formula is C14H17ClN6O2. The number of carbonyl (C=O) groups is 1. The van der Waals surface area contributed by atoms with E-state index in [4.69, 9.17) is 16.7 Å². The largest absolute Gasteiger partial charge is 0.387 e. The number of piperazine rings is 1. The van der Waals surface area contributed by atoms with Crippen LogP contribution in [0.1, 0.15) is 0 Å². The lowest BCUT2D eigenvalue weighted by Crippen LogP contribution is -2.45. The van der Waals surface area contributed by atoms with E-state index in [1.54, 1.807) is 12.3 Å². The zero-order valence-corrected chi connectivity index (χ0v) is 13.4. The lowest BCUT2D eigenvalue weighted by Gasteiger charge is -2.33. The van der Waals surface area contributed by atoms with Crippen molar-refractivity contribution in [2.45, 2.75) is 0 Å². The average Bonchev–Trinajstić information content (AvgIpc) is 2.55. The van der Waals surface area contributed by atoms with Gasteiger partial charge >= 0.3 is 0 Å².